The molecule has 1 atom stereocenters. The Balaban J connectivity index is 1.71. The summed E-state index contributed by atoms with van der Waals surface area (Å²) in [6.07, 6.45) is 5.68. The van der Waals surface area contributed by atoms with Gasteiger partial charge >= 0.3 is 0 Å². The van der Waals surface area contributed by atoms with Crippen LogP contribution in [0.5, 0.6) is 0 Å². The molecule has 1 aliphatic rings. The zero-order valence-corrected chi connectivity index (χ0v) is 13.7. The number of fused-ring (bicyclic) bond motifs is 1. The van der Waals surface area contributed by atoms with E-state index in [-0.39, 0.29) is 6.04 Å². The lowest BCUT2D eigenvalue weighted by Gasteiger charge is -2.28. The van der Waals surface area contributed by atoms with E-state index in [1.807, 2.05) is 0 Å². The van der Waals surface area contributed by atoms with Crippen LogP contribution in [-0.4, -0.2) is 6.54 Å². The molecule has 0 radical (unpaired) electrons. The highest BCUT2D eigenvalue weighted by Crippen LogP contribution is 2.36. The predicted octanol–water partition coefficient (Wildman–Crippen LogP) is 5.50. The molecule has 0 saturated heterocycles. The van der Waals surface area contributed by atoms with Crippen molar-refractivity contribution < 1.29 is 0 Å². The minimum atomic E-state index is 0.259. The summed E-state index contributed by atoms with van der Waals surface area (Å²) in [5.74, 6) is 0. The third kappa shape index (κ3) is 2.98. The molecule has 0 aromatic heterocycles. The first-order valence-corrected chi connectivity index (χ1v) is 8.54. The van der Waals surface area contributed by atoms with Crippen molar-refractivity contribution in [2.24, 2.45) is 0 Å². The second-order valence-corrected chi connectivity index (χ2v) is 6.20. The van der Waals surface area contributed by atoms with Crippen molar-refractivity contribution in [2.75, 3.05) is 11.4 Å². The maximum absolute atomic E-state index is 2.52. The summed E-state index contributed by atoms with van der Waals surface area (Å²) < 4.78 is 0. The van der Waals surface area contributed by atoms with Gasteiger partial charge in [-0.1, -0.05) is 91.0 Å². The van der Waals surface area contributed by atoms with Gasteiger partial charge in [0.05, 0.1) is 6.04 Å². The van der Waals surface area contributed by atoms with Crippen LogP contribution in [0.3, 0.4) is 0 Å². The summed E-state index contributed by atoms with van der Waals surface area (Å²) in [7, 11) is 0. The average Bonchev–Trinajstić information content (AvgIpc) is 3.08. The Morgan fingerprint density at radius 3 is 2.21 bits per heavy atom. The van der Waals surface area contributed by atoms with E-state index in [1.165, 1.54) is 22.4 Å². The smallest absolute Gasteiger partial charge is 0.0730 e. The standard InChI is InChI=1S/C23H21N/c1-3-9-19(10-4-1)15-16-23(20-11-5-2-6-12-20)24-18-17-21-13-7-8-14-22(21)24/h1-16,23H,17-18H2/b16-15+/t23-/m1/s1. The van der Waals surface area contributed by atoms with Crippen molar-refractivity contribution in [3.63, 3.8) is 0 Å². The second kappa shape index (κ2) is 6.76. The Morgan fingerprint density at radius 2 is 1.42 bits per heavy atom. The fourth-order valence-electron chi connectivity index (χ4n) is 3.46. The molecule has 3 aromatic rings. The molecule has 1 heteroatoms. The minimum absolute atomic E-state index is 0.259. The molecule has 1 heterocycles. The molecule has 0 fully saturated rings. The number of para-hydroxylation sites is 1. The van der Waals surface area contributed by atoms with Crippen molar-refractivity contribution in [1.82, 2.24) is 0 Å². The molecule has 0 spiro atoms. The van der Waals surface area contributed by atoms with Crippen molar-refractivity contribution in [1.29, 1.82) is 0 Å². The first-order valence-electron chi connectivity index (χ1n) is 8.54. The molecule has 0 amide bonds. The van der Waals surface area contributed by atoms with Gasteiger partial charge < -0.3 is 4.90 Å². The van der Waals surface area contributed by atoms with Crippen LogP contribution < -0.4 is 4.90 Å². The molecule has 118 valence electrons. The molecule has 4 rings (SSSR count). The molecular weight excluding hydrogens is 290 g/mol. The summed E-state index contributed by atoms with van der Waals surface area (Å²) in [5, 5.41) is 0. The summed E-state index contributed by atoms with van der Waals surface area (Å²) in [6.45, 7) is 1.07. The minimum Gasteiger partial charge on any atom is -0.360 e. The van der Waals surface area contributed by atoms with Gasteiger partial charge in [-0.2, -0.15) is 0 Å². The van der Waals surface area contributed by atoms with E-state index in [2.05, 4.69) is 102 Å². The van der Waals surface area contributed by atoms with Gasteiger partial charge in [0.1, 0.15) is 0 Å². The molecule has 24 heavy (non-hydrogen) atoms. The Bertz CT molecular complexity index is 821. The van der Waals surface area contributed by atoms with Crippen LogP contribution in [0.15, 0.2) is 91.0 Å². The van der Waals surface area contributed by atoms with Gasteiger partial charge in [0.25, 0.3) is 0 Å². The van der Waals surface area contributed by atoms with E-state index in [0.29, 0.717) is 0 Å². The summed E-state index contributed by atoms with van der Waals surface area (Å²) in [5.41, 5.74) is 5.39. The average molecular weight is 311 g/mol. The van der Waals surface area contributed by atoms with E-state index in [1.54, 1.807) is 0 Å². The molecule has 0 saturated carbocycles. The number of hydrogen-bond donors (Lipinski definition) is 0. The fraction of sp³-hybridized carbons (Fsp3) is 0.130. The van der Waals surface area contributed by atoms with Crippen LogP contribution in [0.4, 0.5) is 5.69 Å². The summed E-state index contributed by atoms with van der Waals surface area (Å²) in [4.78, 5) is 2.52. The normalized spacial score (nSPS) is 14.8. The van der Waals surface area contributed by atoms with Gasteiger partial charge in [0.2, 0.25) is 0 Å². The summed E-state index contributed by atoms with van der Waals surface area (Å²) >= 11 is 0. The maximum Gasteiger partial charge on any atom is 0.0730 e. The quantitative estimate of drug-likeness (QED) is 0.614. The van der Waals surface area contributed by atoms with Crippen LogP contribution in [0, 0.1) is 0 Å². The van der Waals surface area contributed by atoms with Crippen LogP contribution in [0.25, 0.3) is 6.08 Å². The van der Waals surface area contributed by atoms with Crippen LogP contribution in [0.2, 0.25) is 0 Å². The van der Waals surface area contributed by atoms with Gasteiger partial charge in [0.15, 0.2) is 0 Å². The van der Waals surface area contributed by atoms with E-state index in [0.717, 1.165) is 13.0 Å². The molecule has 0 unspecified atom stereocenters. The van der Waals surface area contributed by atoms with Crippen molar-refractivity contribution >= 4 is 11.8 Å². The maximum atomic E-state index is 2.52. The Kier molecular flexibility index (Phi) is 4.16. The molecule has 1 aliphatic heterocycles. The van der Waals surface area contributed by atoms with E-state index in [4.69, 9.17) is 0 Å². The number of benzene rings is 3. The van der Waals surface area contributed by atoms with Gasteiger partial charge in [-0.15, -0.1) is 0 Å². The van der Waals surface area contributed by atoms with Gasteiger partial charge in [0, 0.05) is 12.2 Å². The topological polar surface area (TPSA) is 3.24 Å². The number of hydrogen-bond acceptors (Lipinski definition) is 1. The Hall–Kier alpha value is -2.80. The zero-order chi connectivity index (χ0) is 16.2. The molecule has 1 nitrogen and oxygen atoms in total. The number of rotatable bonds is 4. The first-order chi connectivity index (χ1) is 11.9. The second-order valence-electron chi connectivity index (χ2n) is 6.20. The van der Waals surface area contributed by atoms with Crippen LogP contribution >= 0.6 is 0 Å². The molecular formula is C23H21N. The van der Waals surface area contributed by atoms with Gasteiger partial charge in [-0.25, -0.2) is 0 Å². The fourth-order valence-corrected chi connectivity index (χ4v) is 3.46. The third-order valence-corrected chi connectivity index (χ3v) is 4.67. The number of anilines is 1. The van der Waals surface area contributed by atoms with E-state index in [9.17, 15) is 0 Å². The molecule has 0 aliphatic carbocycles. The van der Waals surface area contributed by atoms with E-state index >= 15 is 0 Å². The highest BCUT2D eigenvalue weighted by Gasteiger charge is 2.25. The lowest BCUT2D eigenvalue weighted by atomic mass is 10.0. The molecule has 0 N–H and O–H groups in total. The third-order valence-electron chi connectivity index (χ3n) is 4.67. The Labute approximate surface area is 143 Å². The van der Waals surface area contributed by atoms with Crippen molar-refractivity contribution in [3.8, 4) is 0 Å². The van der Waals surface area contributed by atoms with Crippen LogP contribution in [0.1, 0.15) is 22.7 Å². The lowest BCUT2D eigenvalue weighted by molar-refractivity contribution is 0.755. The first kappa shape index (κ1) is 14.8. The lowest BCUT2D eigenvalue weighted by Crippen LogP contribution is -2.25. The van der Waals surface area contributed by atoms with Crippen molar-refractivity contribution in [3.05, 3.63) is 108 Å². The largest absolute Gasteiger partial charge is 0.360 e. The van der Waals surface area contributed by atoms with E-state index < -0.39 is 0 Å². The SMILES string of the molecule is C(=C\[C@H](c1ccccc1)N1CCc2ccccc21)/c1ccccc1. The monoisotopic (exact) mass is 311 g/mol. The van der Waals surface area contributed by atoms with Gasteiger partial charge in [-0.05, 0) is 29.2 Å². The van der Waals surface area contributed by atoms with Gasteiger partial charge in [-0.3, -0.25) is 0 Å². The predicted molar refractivity (Wildman–Crippen MR) is 102 cm³/mol. The zero-order valence-electron chi connectivity index (χ0n) is 13.7. The summed E-state index contributed by atoms with van der Waals surface area (Å²) in [6, 6.07) is 30.3. The van der Waals surface area contributed by atoms with Crippen LogP contribution in [-0.2, 0) is 6.42 Å². The van der Waals surface area contributed by atoms with Crippen molar-refractivity contribution in [2.45, 2.75) is 12.5 Å². The Morgan fingerprint density at radius 1 is 0.750 bits per heavy atom. The molecule has 0 bridgehead atoms. The molecule has 3 aromatic carbocycles. The highest BCUT2D eigenvalue weighted by atomic mass is 15.2. The highest BCUT2D eigenvalue weighted by molar-refractivity contribution is 5.62. The number of nitrogens with zero attached hydrogens (tertiary/aromatic N) is 1.